The van der Waals surface area contributed by atoms with E-state index in [1.165, 1.54) is 0 Å². The number of hydrogen-bond donors (Lipinski definition) is 1. The molecule has 3 heteroatoms. The van der Waals surface area contributed by atoms with Crippen LogP contribution in [0.4, 0.5) is 0 Å². The molecule has 1 saturated heterocycles. The van der Waals surface area contributed by atoms with Gasteiger partial charge in [-0.05, 0) is 12.3 Å². The molecule has 0 aromatic carbocycles. The first kappa shape index (κ1) is 11.5. The summed E-state index contributed by atoms with van der Waals surface area (Å²) in [4.78, 5) is 13.3. The number of likely N-dealkylation sites (tertiary alicyclic amines) is 1. The minimum Gasteiger partial charge on any atom is -0.391 e. The second-order valence-corrected chi connectivity index (χ2v) is 4.22. The van der Waals surface area contributed by atoms with Crippen molar-refractivity contribution < 1.29 is 9.90 Å². The number of rotatable bonds is 5. The Balaban J connectivity index is 2.34. The van der Waals surface area contributed by atoms with Gasteiger partial charge in [0.05, 0.1) is 6.10 Å². The first-order chi connectivity index (χ1) is 6.67. The zero-order valence-electron chi connectivity index (χ0n) is 9.20. The second-order valence-electron chi connectivity index (χ2n) is 4.22. The fourth-order valence-corrected chi connectivity index (χ4v) is 1.98. The molecule has 1 heterocycles. The summed E-state index contributed by atoms with van der Waals surface area (Å²) >= 11 is 0. The summed E-state index contributed by atoms with van der Waals surface area (Å²) in [5, 5.41) is 9.59. The van der Waals surface area contributed by atoms with Crippen LogP contribution in [0, 0.1) is 5.92 Å². The summed E-state index contributed by atoms with van der Waals surface area (Å²) in [5.41, 5.74) is 0. The van der Waals surface area contributed by atoms with Crippen LogP contribution < -0.4 is 0 Å². The summed E-state index contributed by atoms with van der Waals surface area (Å²) in [7, 11) is 0. The van der Waals surface area contributed by atoms with Crippen molar-refractivity contribution >= 4 is 5.91 Å². The molecule has 14 heavy (non-hydrogen) atoms. The normalized spacial score (nSPS) is 24.4. The Morgan fingerprint density at radius 3 is 2.79 bits per heavy atom. The van der Waals surface area contributed by atoms with Crippen LogP contribution in [0.2, 0.25) is 0 Å². The van der Waals surface area contributed by atoms with Crippen molar-refractivity contribution in [3.63, 3.8) is 0 Å². The zero-order chi connectivity index (χ0) is 10.6. The van der Waals surface area contributed by atoms with Gasteiger partial charge in [-0.3, -0.25) is 4.79 Å². The van der Waals surface area contributed by atoms with E-state index in [1.54, 1.807) is 0 Å². The van der Waals surface area contributed by atoms with E-state index in [2.05, 4.69) is 6.92 Å². The minimum atomic E-state index is -0.334. The number of amides is 1. The number of nitrogens with zero attached hydrogens (tertiary/aromatic N) is 1. The molecule has 0 aromatic rings. The van der Waals surface area contributed by atoms with E-state index < -0.39 is 0 Å². The lowest BCUT2D eigenvalue weighted by Gasteiger charge is -2.20. The van der Waals surface area contributed by atoms with Crippen molar-refractivity contribution in [1.82, 2.24) is 4.90 Å². The maximum Gasteiger partial charge on any atom is 0.223 e. The van der Waals surface area contributed by atoms with Crippen LogP contribution in [0.3, 0.4) is 0 Å². The van der Waals surface area contributed by atoms with Crippen LogP contribution in [0.15, 0.2) is 0 Å². The summed E-state index contributed by atoms with van der Waals surface area (Å²) in [6, 6.07) is 0. The van der Waals surface area contributed by atoms with Gasteiger partial charge in [0.25, 0.3) is 0 Å². The average Bonchev–Trinajstić information content (AvgIpc) is 2.48. The van der Waals surface area contributed by atoms with Gasteiger partial charge < -0.3 is 10.0 Å². The van der Waals surface area contributed by atoms with Gasteiger partial charge in [-0.1, -0.05) is 26.7 Å². The third-order valence-corrected chi connectivity index (χ3v) is 2.92. The summed E-state index contributed by atoms with van der Waals surface area (Å²) in [6.07, 6.45) is 3.17. The Kier molecular flexibility index (Phi) is 4.39. The quantitative estimate of drug-likeness (QED) is 0.727. The molecule has 1 aliphatic heterocycles. The number of aliphatic hydroxyl groups is 1. The molecule has 1 rings (SSSR count). The third-order valence-electron chi connectivity index (χ3n) is 2.92. The summed E-state index contributed by atoms with van der Waals surface area (Å²) in [6.45, 7) is 5.53. The molecule has 3 nitrogen and oxygen atoms in total. The molecule has 0 saturated carbocycles. The van der Waals surface area contributed by atoms with E-state index in [0.29, 0.717) is 18.9 Å². The lowest BCUT2D eigenvalue weighted by Crippen LogP contribution is -2.33. The molecule has 0 spiro atoms. The van der Waals surface area contributed by atoms with Gasteiger partial charge in [0, 0.05) is 19.5 Å². The van der Waals surface area contributed by atoms with Crippen LogP contribution in [0.25, 0.3) is 0 Å². The Hall–Kier alpha value is -0.570. The highest BCUT2D eigenvalue weighted by atomic mass is 16.3. The van der Waals surface area contributed by atoms with E-state index in [0.717, 1.165) is 25.8 Å². The molecular weight excluding hydrogens is 178 g/mol. The maximum atomic E-state index is 11.5. The standard InChI is InChI=1S/C11H21NO2/c1-3-5-10(13)8-12-7-9(4-2)6-11(12)14/h9-10,13H,3-8H2,1-2H3. The highest BCUT2D eigenvalue weighted by molar-refractivity contribution is 5.78. The van der Waals surface area contributed by atoms with Crippen molar-refractivity contribution in [1.29, 1.82) is 0 Å². The van der Waals surface area contributed by atoms with E-state index >= 15 is 0 Å². The zero-order valence-corrected chi connectivity index (χ0v) is 9.20. The summed E-state index contributed by atoms with van der Waals surface area (Å²) in [5.74, 6) is 0.725. The third kappa shape index (κ3) is 2.98. The van der Waals surface area contributed by atoms with Crippen molar-refractivity contribution in [2.75, 3.05) is 13.1 Å². The molecule has 0 bridgehead atoms. The van der Waals surface area contributed by atoms with Gasteiger partial charge in [0.1, 0.15) is 0 Å². The molecule has 2 unspecified atom stereocenters. The van der Waals surface area contributed by atoms with Crippen LogP contribution >= 0.6 is 0 Å². The van der Waals surface area contributed by atoms with Gasteiger partial charge >= 0.3 is 0 Å². The Labute approximate surface area is 86.1 Å². The van der Waals surface area contributed by atoms with Gasteiger partial charge in [-0.15, -0.1) is 0 Å². The SMILES string of the molecule is CCCC(O)CN1CC(CC)CC1=O. The largest absolute Gasteiger partial charge is 0.391 e. The molecule has 1 amide bonds. The van der Waals surface area contributed by atoms with Crippen molar-refractivity contribution in [2.24, 2.45) is 5.92 Å². The van der Waals surface area contributed by atoms with Crippen molar-refractivity contribution in [2.45, 2.75) is 45.6 Å². The van der Waals surface area contributed by atoms with E-state index in [1.807, 2.05) is 11.8 Å². The fraction of sp³-hybridized carbons (Fsp3) is 0.909. The van der Waals surface area contributed by atoms with E-state index in [9.17, 15) is 9.90 Å². The number of hydrogen-bond acceptors (Lipinski definition) is 2. The van der Waals surface area contributed by atoms with Crippen LogP contribution in [-0.2, 0) is 4.79 Å². The van der Waals surface area contributed by atoms with Crippen LogP contribution in [0.5, 0.6) is 0 Å². The lowest BCUT2D eigenvalue weighted by molar-refractivity contribution is -0.129. The minimum absolute atomic E-state index is 0.215. The topological polar surface area (TPSA) is 40.5 Å². The van der Waals surface area contributed by atoms with Gasteiger partial charge in [-0.25, -0.2) is 0 Å². The average molecular weight is 199 g/mol. The molecular formula is C11H21NO2. The predicted octanol–water partition coefficient (Wildman–Crippen LogP) is 1.41. The number of carbonyl (C=O) groups excluding carboxylic acids is 1. The predicted molar refractivity (Wildman–Crippen MR) is 55.9 cm³/mol. The molecule has 1 fully saturated rings. The molecule has 1 N–H and O–H groups in total. The first-order valence-corrected chi connectivity index (χ1v) is 5.63. The molecule has 82 valence electrons. The maximum absolute atomic E-state index is 11.5. The number of aliphatic hydroxyl groups excluding tert-OH is 1. The summed E-state index contributed by atoms with van der Waals surface area (Å²) < 4.78 is 0. The monoisotopic (exact) mass is 199 g/mol. The van der Waals surface area contributed by atoms with Gasteiger partial charge in [-0.2, -0.15) is 0 Å². The first-order valence-electron chi connectivity index (χ1n) is 5.63. The highest BCUT2D eigenvalue weighted by Crippen LogP contribution is 2.20. The fourth-order valence-electron chi connectivity index (χ4n) is 1.98. The number of β-amino-alcohol motifs (C(OH)–C–C–N with tert-alkyl or cyclic N) is 1. The van der Waals surface area contributed by atoms with E-state index in [4.69, 9.17) is 0 Å². The molecule has 0 aromatic heterocycles. The highest BCUT2D eigenvalue weighted by Gasteiger charge is 2.29. The van der Waals surface area contributed by atoms with Crippen LogP contribution in [0.1, 0.15) is 39.5 Å². The Bertz CT molecular complexity index is 194. The van der Waals surface area contributed by atoms with E-state index in [-0.39, 0.29) is 12.0 Å². The Morgan fingerprint density at radius 2 is 2.29 bits per heavy atom. The number of carbonyl (C=O) groups is 1. The van der Waals surface area contributed by atoms with Crippen molar-refractivity contribution in [3.05, 3.63) is 0 Å². The Morgan fingerprint density at radius 1 is 1.57 bits per heavy atom. The second kappa shape index (κ2) is 5.35. The lowest BCUT2D eigenvalue weighted by atomic mass is 10.1. The molecule has 1 aliphatic rings. The van der Waals surface area contributed by atoms with Crippen molar-refractivity contribution in [3.8, 4) is 0 Å². The smallest absolute Gasteiger partial charge is 0.223 e. The molecule has 2 atom stereocenters. The molecule has 0 aliphatic carbocycles. The van der Waals surface area contributed by atoms with Gasteiger partial charge in [0.15, 0.2) is 0 Å². The van der Waals surface area contributed by atoms with Gasteiger partial charge in [0.2, 0.25) is 5.91 Å². The molecule has 0 radical (unpaired) electrons. The van der Waals surface area contributed by atoms with Crippen LogP contribution in [-0.4, -0.2) is 35.1 Å².